The van der Waals surface area contributed by atoms with Crippen molar-refractivity contribution in [3.8, 4) is 0 Å². The van der Waals surface area contributed by atoms with E-state index in [1.165, 1.54) is 38.9 Å². The summed E-state index contributed by atoms with van der Waals surface area (Å²) in [6, 6.07) is 6.21. The molecule has 3 nitrogen and oxygen atoms in total. The first-order chi connectivity index (χ1) is 9.28. The average Bonchev–Trinajstić information content (AvgIpc) is 3.07. The molecule has 0 spiro atoms. The van der Waals surface area contributed by atoms with Gasteiger partial charge in [-0.2, -0.15) is 0 Å². The van der Waals surface area contributed by atoms with Crippen LogP contribution in [0.25, 0.3) is 0 Å². The van der Waals surface area contributed by atoms with E-state index < -0.39 is 0 Å². The summed E-state index contributed by atoms with van der Waals surface area (Å²) in [5, 5.41) is 0. The smallest absolute Gasteiger partial charge is 0.105 e. The topological polar surface area (TPSA) is 19.6 Å². The molecule has 2 aliphatic heterocycles. The largest absolute Gasteiger partial charge is 0.469 e. The molecular weight excluding hydrogens is 236 g/mol. The summed E-state index contributed by atoms with van der Waals surface area (Å²) in [5.74, 6) is 1.12. The van der Waals surface area contributed by atoms with Gasteiger partial charge in [-0.3, -0.25) is 9.80 Å². The van der Waals surface area contributed by atoms with Gasteiger partial charge >= 0.3 is 0 Å². The summed E-state index contributed by atoms with van der Waals surface area (Å²) < 4.78 is 5.51. The lowest BCUT2D eigenvalue weighted by atomic mass is 10.0. The number of piperazine rings is 1. The summed E-state index contributed by atoms with van der Waals surface area (Å²) in [6.45, 7) is 8.52. The van der Waals surface area contributed by atoms with Gasteiger partial charge in [-0.15, -0.1) is 0 Å². The van der Waals surface area contributed by atoms with Crippen LogP contribution in [0.5, 0.6) is 0 Å². The average molecular weight is 262 g/mol. The standard InChI is InChI=1S/C16H26N2O/c1-3-14-11-17-8-4-6-15(17)12-18(14)13(2)10-16-7-5-9-19-16/h5,7,9,13-15H,3-4,6,8,10-12H2,1-2H3. The molecule has 0 amide bonds. The summed E-state index contributed by atoms with van der Waals surface area (Å²) in [4.78, 5) is 5.44. The summed E-state index contributed by atoms with van der Waals surface area (Å²) in [6.07, 6.45) is 6.86. The van der Waals surface area contributed by atoms with Gasteiger partial charge in [-0.1, -0.05) is 6.92 Å². The van der Waals surface area contributed by atoms with Crippen molar-refractivity contribution >= 4 is 0 Å². The second-order valence-corrected chi connectivity index (χ2v) is 6.18. The Bertz CT molecular complexity index is 389. The zero-order valence-electron chi connectivity index (χ0n) is 12.2. The quantitative estimate of drug-likeness (QED) is 0.832. The lowest BCUT2D eigenvalue weighted by molar-refractivity contribution is 0.0221. The molecule has 2 saturated heterocycles. The molecule has 0 saturated carbocycles. The zero-order chi connectivity index (χ0) is 13.2. The number of furan rings is 1. The number of nitrogens with zero attached hydrogens (tertiary/aromatic N) is 2. The Labute approximate surface area is 116 Å². The van der Waals surface area contributed by atoms with Crippen molar-refractivity contribution < 1.29 is 4.42 Å². The van der Waals surface area contributed by atoms with Gasteiger partial charge in [0.1, 0.15) is 5.76 Å². The Kier molecular flexibility index (Phi) is 3.94. The minimum Gasteiger partial charge on any atom is -0.469 e. The van der Waals surface area contributed by atoms with Crippen LogP contribution < -0.4 is 0 Å². The van der Waals surface area contributed by atoms with Crippen LogP contribution in [0.4, 0.5) is 0 Å². The van der Waals surface area contributed by atoms with Crippen LogP contribution in [0.2, 0.25) is 0 Å². The molecule has 2 aliphatic rings. The molecule has 1 aromatic heterocycles. The fraction of sp³-hybridized carbons (Fsp3) is 0.750. The Morgan fingerprint density at radius 1 is 1.42 bits per heavy atom. The Morgan fingerprint density at radius 3 is 3.05 bits per heavy atom. The molecule has 0 radical (unpaired) electrons. The molecule has 3 heterocycles. The van der Waals surface area contributed by atoms with Crippen molar-refractivity contribution in [2.24, 2.45) is 0 Å². The summed E-state index contributed by atoms with van der Waals surface area (Å²) in [7, 11) is 0. The summed E-state index contributed by atoms with van der Waals surface area (Å²) in [5.41, 5.74) is 0. The van der Waals surface area contributed by atoms with E-state index in [-0.39, 0.29) is 0 Å². The van der Waals surface area contributed by atoms with Crippen molar-refractivity contribution in [1.29, 1.82) is 0 Å². The lowest BCUT2D eigenvalue weighted by Gasteiger charge is -2.46. The van der Waals surface area contributed by atoms with Crippen LogP contribution in [-0.4, -0.2) is 47.6 Å². The third-order valence-corrected chi connectivity index (χ3v) is 4.95. The van der Waals surface area contributed by atoms with Gasteiger partial charge in [-0.25, -0.2) is 0 Å². The highest BCUT2D eigenvalue weighted by atomic mass is 16.3. The predicted molar refractivity (Wildman–Crippen MR) is 77.3 cm³/mol. The van der Waals surface area contributed by atoms with E-state index >= 15 is 0 Å². The third-order valence-electron chi connectivity index (χ3n) is 4.95. The van der Waals surface area contributed by atoms with Crippen molar-refractivity contribution in [2.75, 3.05) is 19.6 Å². The van der Waals surface area contributed by atoms with Crippen LogP contribution in [0.3, 0.4) is 0 Å². The highest BCUT2D eigenvalue weighted by Crippen LogP contribution is 2.28. The monoisotopic (exact) mass is 262 g/mol. The molecule has 0 bridgehead atoms. The van der Waals surface area contributed by atoms with Crippen LogP contribution >= 0.6 is 0 Å². The van der Waals surface area contributed by atoms with E-state index in [0.717, 1.165) is 24.3 Å². The predicted octanol–water partition coefficient (Wildman–Crippen LogP) is 2.77. The molecule has 3 atom stereocenters. The van der Waals surface area contributed by atoms with Gasteiger partial charge in [0.05, 0.1) is 6.26 Å². The molecule has 0 aliphatic carbocycles. The van der Waals surface area contributed by atoms with Crippen LogP contribution in [-0.2, 0) is 6.42 Å². The molecular formula is C16H26N2O. The number of hydrogen-bond acceptors (Lipinski definition) is 3. The maximum Gasteiger partial charge on any atom is 0.105 e. The van der Waals surface area contributed by atoms with Gasteiger partial charge in [0.25, 0.3) is 0 Å². The second kappa shape index (κ2) is 5.68. The molecule has 2 fully saturated rings. The summed E-state index contributed by atoms with van der Waals surface area (Å²) >= 11 is 0. The Balaban J connectivity index is 1.67. The molecule has 3 heteroatoms. The molecule has 106 valence electrons. The number of fused-ring (bicyclic) bond motifs is 1. The van der Waals surface area contributed by atoms with Gasteiger partial charge in [0, 0.05) is 37.6 Å². The Morgan fingerprint density at radius 2 is 2.32 bits per heavy atom. The first-order valence-electron chi connectivity index (χ1n) is 7.80. The molecule has 0 N–H and O–H groups in total. The molecule has 1 aromatic rings. The van der Waals surface area contributed by atoms with Crippen molar-refractivity contribution in [3.63, 3.8) is 0 Å². The van der Waals surface area contributed by atoms with E-state index in [4.69, 9.17) is 4.42 Å². The maximum absolute atomic E-state index is 5.51. The zero-order valence-corrected chi connectivity index (χ0v) is 12.2. The molecule has 0 aromatic carbocycles. The fourth-order valence-corrected chi connectivity index (χ4v) is 3.85. The SMILES string of the molecule is CCC1CN2CCCC2CN1C(C)Cc1ccco1. The first-order valence-corrected chi connectivity index (χ1v) is 7.80. The van der Waals surface area contributed by atoms with Gasteiger partial charge < -0.3 is 4.42 Å². The van der Waals surface area contributed by atoms with Gasteiger partial charge in [-0.05, 0) is 44.9 Å². The molecule has 19 heavy (non-hydrogen) atoms. The van der Waals surface area contributed by atoms with Crippen molar-refractivity contribution in [2.45, 2.75) is 57.7 Å². The second-order valence-electron chi connectivity index (χ2n) is 6.18. The van der Waals surface area contributed by atoms with Crippen LogP contribution in [0.1, 0.15) is 38.9 Å². The maximum atomic E-state index is 5.51. The van der Waals surface area contributed by atoms with Crippen molar-refractivity contribution in [1.82, 2.24) is 9.80 Å². The van der Waals surface area contributed by atoms with Crippen LogP contribution in [0.15, 0.2) is 22.8 Å². The van der Waals surface area contributed by atoms with E-state index in [9.17, 15) is 0 Å². The van der Waals surface area contributed by atoms with Gasteiger partial charge in [0.15, 0.2) is 0 Å². The highest BCUT2D eigenvalue weighted by Gasteiger charge is 2.37. The lowest BCUT2D eigenvalue weighted by Crippen LogP contribution is -2.58. The number of rotatable bonds is 4. The highest BCUT2D eigenvalue weighted by molar-refractivity contribution is 5.02. The Hall–Kier alpha value is -0.800. The van der Waals surface area contributed by atoms with E-state index in [2.05, 4.69) is 29.7 Å². The fourth-order valence-electron chi connectivity index (χ4n) is 3.85. The minimum atomic E-state index is 0.582. The molecule has 3 unspecified atom stereocenters. The van der Waals surface area contributed by atoms with Crippen molar-refractivity contribution in [3.05, 3.63) is 24.2 Å². The minimum absolute atomic E-state index is 0.582. The van der Waals surface area contributed by atoms with Gasteiger partial charge in [0.2, 0.25) is 0 Å². The van der Waals surface area contributed by atoms with E-state index in [1.54, 1.807) is 6.26 Å². The van der Waals surface area contributed by atoms with Crippen LogP contribution in [0, 0.1) is 0 Å². The third kappa shape index (κ3) is 2.72. The first kappa shape index (κ1) is 13.2. The van der Waals surface area contributed by atoms with E-state index in [1.807, 2.05) is 6.07 Å². The normalized spacial score (nSPS) is 30.4. The number of hydrogen-bond donors (Lipinski definition) is 0. The molecule has 3 rings (SSSR count). The van der Waals surface area contributed by atoms with E-state index in [0.29, 0.717) is 6.04 Å².